The Balaban J connectivity index is 1.60. The monoisotopic (exact) mass is 417 g/mol. The van der Waals surface area contributed by atoms with E-state index < -0.39 is 5.25 Å². The molecule has 0 aliphatic heterocycles. The molecular weight excluding hydrogens is 398 g/mol. The van der Waals surface area contributed by atoms with Gasteiger partial charge in [0.15, 0.2) is 5.82 Å². The highest BCUT2D eigenvalue weighted by atomic mass is 32.2. The number of nitrogens with zero attached hydrogens (tertiary/aromatic N) is 4. The lowest BCUT2D eigenvalue weighted by molar-refractivity contribution is -0.115. The van der Waals surface area contributed by atoms with Crippen LogP contribution >= 0.6 is 11.8 Å². The normalized spacial score (nSPS) is 11.8. The van der Waals surface area contributed by atoms with Crippen molar-refractivity contribution in [2.45, 2.75) is 24.3 Å². The van der Waals surface area contributed by atoms with Gasteiger partial charge in [-0.25, -0.2) is 4.98 Å². The molecule has 1 amide bonds. The number of rotatable bonds is 6. The van der Waals surface area contributed by atoms with Crippen molar-refractivity contribution in [1.29, 1.82) is 0 Å². The zero-order valence-corrected chi connectivity index (χ0v) is 17.3. The Kier molecular flexibility index (Phi) is 5.85. The van der Waals surface area contributed by atoms with Crippen LogP contribution < -0.4 is 5.32 Å². The van der Waals surface area contributed by atoms with Gasteiger partial charge in [0.25, 0.3) is 0 Å². The van der Waals surface area contributed by atoms with E-state index in [2.05, 4.69) is 20.7 Å². The molecule has 2 heterocycles. The van der Waals surface area contributed by atoms with Crippen LogP contribution in [0.25, 0.3) is 22.5 Å². The van der Waals surface area contributed by atoms with E-state index in [1.807, 2.05) is 60.7 Å². The first-order chi connectivity index (χ1) is 14.6. The summed E-state index contributed by atoms with van der Waals surface area (Å²) >= 11 is 1.24. The number of carbonyl (C=O) groups is 1. The van der Waals surface area contributed by atoms with Crippen LogP contribution in [-0.2, 0) is 4.79 Å². The molecule has 150 valence electrons. The summed E-state index contributed by atoms with van der Waals surface area (Å²) in [6.45, 7) is 3.54. The molecule has 30 heavy (non-hydrogen) atoms. The molecule has 4 rings (SSSR count). The highest BCUT2D eigenvalue weighted by Gasteiger charge is 2.20. The molecule has 1 unspecified atom stereocenters. The van der Waals surface area contributed by atoms with E-state index in [0.717, 1.165) is 16.8 Å². The summed E-state index contributed by atoms with van der Waals surface area (Å²) < 4.78 is 4.98. The Hall–Kier alpha value is -3.52. The molecule has 2 aromatic heterocycles. The minimum atomic E-state index is -0.449. The van der Waals surface area contributed by atoms with E-state index >= 15 is 0 Å². The third-order valence-corrected chi connectivity index (χ3v) is 5.24. The third kappa shape index (κ3) is 4.55. The SMILES string of the molecule is Cc1cc(NC(=O)C(C)Sc2nnc(-c3ccccc3)c(-c3ccccc3)n2)no1. The summed E-state index contributed by atoms with van der Waals surface area (Å²) in [5, 5.41) is 15.2. The van der Waals surface area contributed by atoms with Crippen molar-refractivity contribution < 1.29 is 9.32 Å². The summed E-state index contributed by atoms with van der Waals surface area (Å²) in [5.74, 6) is 0.792. The smallest absolute Gasteiger partial charge is 0.238 e. The van der Waals surface area contributed by atoms with Crippen LogP contribution in [0.3, 0.4) is 0 Å². The molecule has 0 saturated carbocycles. The van der Waals surface area contributed by atoms with Gasteiger partial charge >= 0.3 is 0 Å². The molecule has 8 heteroatoms. The number of anilines is 1. The minimum absolute atomic E-state index is 0.217. The molecule has 0 radical (unpaired) electrons. The van der Waals surface area contributed by atoms with Gasteiger partial charge in [0.05, 0.1) is 5.25 Å². The molecule has 0 bridgehead atoms. The van der Waals surface area contributed by atoms with Crippen LogP contribution in [0.5, 0.6) is 0 Å². The Bertz CT molecular complexity index is 1150. The number of benzene rings is 2. The van der Waals surface area contributed by atoms with Gasteiger partial charge in [-0.3, -0.25) is 4.79 Å². The molecule has 0 aliphatic rings. The number of nitrogens with one attached hydrogen (secondary N) is 1. The number of hydrogen-bond donors (Lipinski definition) is 1. The van der Waals surface area contributed by atoms with Crippen LogP contribution in [-0.4, -0.2) is 31.5 Å². The second-order valence-electron chi connectivity index (χ2n) is 6.60. The van der Waals surface area contributed by atoms with Crippen LogP contribution in [0.2, 0.25) is 0 Å². The molecule has 7 nitrogen and oxygen atoms in total. The molecule has 2 aromatic carbocycles. The van der Waals surface area contributed by atoms with Crippen molar-refractivity contribution in [3.8, 4) is 22.5 Å². The lowest BCUT2D eigenvalue weighted by Crippen LogP contribution is -2.23. The topological polar surface area (TPSA) is 93.8 Å². The standard InChI is InChI=1S/C22H19N5O2S/c1-14-13-18(27-29-14)23-21(28)15(2)30-22-24-19(16-9-5-3-6-10-16)20(25-26-22)17-11-7-4-8-12-17/h3-13,15H,1-2H3,(H,23,27,28). The fourth-order valence-electron chi connectivity index (χ4n) is 2.81. The average Bonchev–Trinajstić information content (AvgIpc) is 3.19. The number of amides is 1. The largest absolute Gasteiger partial charge is 0.360 e. The molecular formula is C22H19N5O2S. The molecule has 0 spiro atoms. The van der Waals surface area contributed by atoms with Gasteiger partial charge in [0, 0.05) is 17.2 Å². The highest BCUT2D eigenvalue weighted by molar-refractivity contribution is 8.00. The van der Waals surface area contributed by atoms with Gasteiger partial charge in [-0.05, 0) is 13.8 Å². The van der Waals surface area contributed by atoms with E-state index in [1.54, 1.807) is 19.9 Å². The molecule has 0 saturated heterocycles. The Morgan fingerprint density at radius 1 is 0.967 bits per heavy atom. The summed E-state index contributed by atoms with van der Waals surface area (Å²) in [6.07, 6.45) is 0. The van der Waals surface area contributed by atoms with E-state index in [-0.39, 0.29) is 5.91 Å². The fraction of sp³-hybridized carbons (Fsp3) is 0.136. The lowest BCUT2D eigenvalue weighted by atomic mass is 10.0. The number of hydrogen-bond acceptors (Lipinski definition) is 7. The third-order valence-electron chi connectivity index (χ3n) is 4.29. The minimum Gasteiger partial charge on any atom is -0.360 e. The molecule has 0 aliphatic carbocycles. The number of thioether (sulfide) groups is 1. The maximum Gasteiger partial charge on any atom is 0.238 e. The predicted octanol–water partition coefficient (Wildman–Crippen LogP) is 4.62. The highest BCUT2D eigenvalue weighted by Crippen LogP contribution is 2.30. The molecule has 1 N–H and O–H groups in total. The molecule has 4 aromatic rings. The fourth-order valence-corrected chi connectivity index (χ4v) is 3.53. The lowest BCUT2D eigenvalue weighted by Gasteiger charge is -2.12. The second kappa shape index (κ2) is 8.87. The molecule has 1 atom stereocenters. The van der Waals surface area contributed by atoms with Gasteiger partial charge in [-0.1, -0.05) is 77.6 Å². The van der Waals surface area contributed by atoms with Crippen LogP contribution in [0.1, 0.15) is 12.7 Å². The van der Waals surface area contributed by atoms with Gasteiger partial charge in [0.1, 0.15) is 17.1 Å². The summed E-state index contributed by atoms with van der Waals surface area (Å²) in [5.41, 5.74) is 3.28. The van der Waals surface area contributed by atoms with Crippen molar-refractivity contribution >= 4 is 23.5 Å². The second-order valence-corrected chi connectivity index (χ2v) is 7.90. The molecule has 0 fully saturated rings. The van der Waals surface area contributed by atoms with Crippen LogP contribution in [0.4, 0.5) is 5.82 Å². The van der Waals surface area contributed by atoms with Crippen molar-refractivity contribution in [3.05, 3.63) is 72.5 Å². The summed E-state index contributed by atoms with van der Waals surface area (Å²) in [7, 11) is 0. The van der Waals surface area contributed by atoms with Crippen molar-refractivity contribution in [3.63, 3.8) is 0 Å². The van der Waals surface area contributed by atoms with Crippen molar-refractivity contribution in [2.75, 3.05) is 5.32 Å². The number of aryl methyl sites for hydroxylation is 1. The summed E-state index contributed by atoms with van der Waals surface area (Å²) in [4.78, 5) is 17.2. The number of carbonyl (C=O) groups excluding carboxylic acids is 1. The first-order valence-electron chi connectivity index (χ1n) is 9.36. The Labute approximate surface area is 177 Å². The first kappa shape index (κ1) is 19.8. The maximum absolute atomic E-state index is 12.5. The zero-order valence-electron chi connectivity index (χ0n) is 16.4. The number of aromatic nitrogens is 4. The first-order valence-corrected chi connectivity index (χ1v) is 10.2. The Morgan fingerprint density at radius 2 is 1.60 bits per heavy atom. The van der Waals surface area contributed by atoms with Gasteiger partial charge < -0.3 is 9.84 Å². The van der Waals surface area contributed by atoms with Crippen LogP contribution in [0.15, 0.2) is 76.4 Å². The quantitative estimate of drug-likeness (QED) is 0.457. The Morgan fingerprint density at radius 3 is 2.20 bits per heavy atom. The predicted molar refractivity (Wildman–Crippen MR) is 116 cm³/mol. The van der Waals surface area contributed by atoms with E-state index in [4.69, 9.17) is 9.51 Å². The summed E-state index contributed by atoms with van der Waals surface area (Å²) in [6, 6.07) is 21.3. The van der Waals surface area contributed by atoms with E-state index in [9.17, 15) is 4.79 Å². The maximum atomic E-state index is 12.5. The van der Waals surface area contributed by atoms with Crippen molar-refractivity contribution in [2.24, 2.45) is 0 Å². The van der Waals surface area contributed by atoms with Crippen LogP contribution in [0, 0.1) is 6.92 Å². The van der Waals surface area contributed by atoms with Crippen molar-refractivity contribution in [1.82, 2.24) is 20.3 Å². The van der Waals surface area contributed by atoms with Gasteiger partial charge in [-0.15, -0.1) is 10.2 Å². The van der Waals surface area contributed by atoms with E-state index in [0.29, 0.717) is 22.4 Å². The van der Waals surface area contributed by atoms with E-state index in [1.165, 1.54) is 11.8 Å². The average molecular weight is 417 g/mol. The van der Waals surface area contributed by atoms with Gasteiger partial charge in [-0.2, -0.15) is 0 Å². The zero-order chi connectivity index (χ0) is 20.9. The van der Waals surface area contributed by atoms with Gasteiger partial charge in [0.2, 0.25) is 11.1 Å².